The van der Waals surface area contributed by atoms with Crippen molar-refractivity contribution in [2.24, 2.45) is 0 Å². The van der Waals surface area contributed by atoms with Crippen molar-refractivity contribution in [2.75, 3.05) is 18.5 Å². The van der Waals surface area contributed by atoms with Crippen LogP contribution in [-0.4, -0.2) is 23.1 Å². The topological polar surface area (TPSA) is 47.0 Å². The van der Waals surface area contributed by atoms with E-state index in [4.69, 9.17) is 11.2 Å². The van der Waals surface area contributed by atoms with Crippen LogP contribution in [0.15, 0.2) is 10.8 Å². The summed E-state index contributed by atoms with van der Waals surface area (Å²) in [4.78, 5) is 7.98. The zero-order valence-corrected chi connectivity index (χ0v) is 9.34. The van der Waals surface area contributed by atoms with Crippen LogP contribution in [0.25, 0.3) is 0 Å². The highest BCUT2D eigenvalue weighted by Crippen LogP contribution is 2.27. The minimum Gasteiger partial charge on any atom is -0.464 e. The molecule has 0 atom stereocenters. The van der Waals surface area contributed by atoms with E-state index in [0.29, 0.717) is 16.2 Å². The molecule has 0 saturated carbocycles. The monoisotopic (exact) mass is 255 g/mol. The number of halogens is 1. The van der Waals surface area contributed by atoms with E-state index in [2.05, 4.69) is 37.1 Å². The van der Waals surface area contributed by atoms with E-state index in [0.717, 1.165) is 6.54 Å². The first-order chi connectivity index (χ1) is 6.79. The first kappa shape index (κ1) is 10.8. The zero-order chi connectivity index (χ0) is 10.4. The Kier molecular flexibility index (Phi) is 4.20. The van der Waals surface area contributed by atoms with Gasteiger partial charge in [0.15, 0.2) is 6.61 Å². The van der Waals surface area contributed by atoms with Crippen LogP contribution in [0.4, 0.5) is 5.82 Å². The lowest BCUT2D eigenvalue weighted by Gasteiger charge is -2.07. The molecular formula is C9H10BrN3O. The molecule has 0 unspecified atom stereocenters. The molecule has 74 valence electrons. The first-order valence-electron chi connectivity index (χ1n) is 4.10. The molecule has 14 heavy (non-hydrogen) atoms. The number of anilines is 1. The molecule has 1 aromatic rings. The molecule has 1 aromatic heterocycles. The maximum atomic E-state index is 5.20. The molecule has 0 spiro atoms. The summed E-state index contributed by atoms with van der Waals surface area (Å²) in [5.41, 5.74) is 0. The lowest BCUT2D eigenvalue weighted by Crippen LogP contribution is -2.04. The average Bonchev–Trinajstić information content (AvgIpc) is 2.20. The Balaban J connectivity index is 2.85. The largest absolute Gasteiger partial charge is 0.464 e. The van der Waals surface area contributed by atoms with Gasteiger partial charge in [0, 0.05) is 6.54 Å². The second-order valence-corrected chi connectivity index (χ2v) is 3.16. The SMILES string of the molecule is C#CCOc1ncnc(NCC)c1Br. The van der Waals surface area contributed by atoms with Gasteiger partial charge >= 0.3 is 0 Å². The third-order valence-corrected chi connectivity index (χ3v) is 2.11. The minimum absolute atomic E-state index is 0.196. The Morgan fingerprint density at radius 3 is 3.07 bits per heavy atom. The summed E-state index contributed by atoms with van der Waals surface area (Å²) in [6.07, 6.45) is 6.50. The number of aromatic nitrogens is 2. The van der Waals surface area contributed by atoms with Gasteiger partial charge in [0.1, 0.15) is 16.6 Å². The van der Waals surface area contributed by atoms with Gasteiger partial charge in [-0.2, -0.15) is 0 Å². The predicted molar refractivity (Wildman–Crippen MR) is 58.2 cm³/mol. The van der Waals surface area contributed by atoms with Crippen molar-refractivity contribution < 1.29 is 4.74 Å². The van der Waals surface area contributed by atoms with Crippen molar-refractivity contribution in [3.8, 4) is 18.2 Å². The summed E-state index contributed by atoms with van der Waals surface area (Å²) in [6, 6.07) is 0. The van der Waals surface area contributed by atoms with Crippen LogP contribution in [0.1, 0.15) is 6.92 Å². The van der Waals surface area contributed by atoms with Gasteiger partial charge in [0.25, 0.3) is 0 Å². The fourth-order valence-electron chi connectivity index (χ4n) is 0.855. The molecule has 0 aromatic carbocycles. The molecule has 0 aliphatic carbocycles. The van der Waals surface area contributed by atoms with Crippen LogP contribution < -0.4 is 10.1 Å². The van der Waals surface area contributed by atoms with Crippen molar-refractivity contribution in [1.82, 2.24) is 9.97 Å². The molecule has 0 amide bonds. The lowest BCUT2D eigenvalue weighted by molar-refractivity contribution is 0.352. The Labute approximate surface area is 91.2 Å². The van der Waals surface area contributed by atoms with Gasteiger partial charge in [-0.25, -0.2) is 9.97 Å². The fraction of sp³-hybridized carbons (Fsp3) is 0.333. The maximum Gasteiger partial charge on any atom is 0.234 e. The second-order valence-electron chi connectivity index (χ2n) is 2.36. The van der Waals surface area contributed by atoms with E-state index in [-0.39, 0.29) is 6.61 Å². The van der Waals surface area contributed by atoms with E-state index in [9.17, 15) is 0 Å². The van der Waals surface area contributed by atoms with Gasteiger partial charge in [0.2, 0.25) is 5.88 Å². The van der Waals surface area contributed by atoms with Crippen LogP contribution in [0.2, 0.25) is 0 Å². The third-order valence-electron chi connectivity index (χ3n) is 1.39. The number of rotatable bonds is 4. The molecule has 0 saturated heterocycles. The molecule has 5 heteroatoms. The quantitative estimate of drug-likeness (QED) is 0.832. The van der Waals surface area contributed by atoms with Gasteiger partial charge < -0.3 is 10.1 Å². The Bertz CT molecular complexity index is 348. The Hall–Kier alpha value is -1.28. The third kappa shape index (κ3) is 2.60. The highest BCUT2D eigenvalue weighted by atomic mass is 79.9. The lowest BCUT2D eigenvalue weighted by atomic mass is 10.5. The molecule has 0 bridgehead atoms. The molecule has 1 rings (SSSR count). The van der Waals surface area contributed by atoms with Gasteiger partial charge in [-0.1, -0.05) is 5.92 Å². The maximum absolute atomic E-state index is 5.20. The molecule has 4 nitrogen and oxygen atoms in total. The number of hydrogen-bond donors (Lipinski definition) is 1. The number of ether oxygens (including phenoxy) is 1. The first-order valence-corrected chi connectivity index (χ1v) is 4.89. The summed E-state index contributed by atoms with van der Waals surface area (Å²) < 4.78 is 5.89. The van der Waals surface area contributed by atoms with E-state index in [1.165, 1.54) is 6.33 Å². The van der Waals surface area contributed by atoms with Gasteiger partial charge in [-0.3, -0.25) is 0 Å². The van der Waals surface area contributed by atoms with E-state index < -0.39 is 0 Å². The molecular weight excluding hydrogens is 246 g/mol. The smallest absolute Gasteiger partial charge is 0.234 e. The van der Waals surface area contributed by atoms with Crippen molar-refractivity contribution in [3.05, 3.63) is 10.8 Å². The van der Waals surface area contributed by atoms with Crippen LogP contribution in [0.5, 0.6) is 5.88 Å². The van der Waals surface area contributed by atoms with Crippen molar-refractivity contribution in [3.63, 3.8) is 0 Å². The Morgan fingerprint density at radius 1 is 1.64 bits per heavy atom. The molecule has 0 aliphatic heterocycles. The number of hydrogen-bond acceptors (Lipinski definition) is 4. The van der Waals surface area contributed by atoms with Crippen molar-refractivity contribution in [1.29, 1.82) is 0 Å². The summed E-state index contributed by atoms with van der Waals surface area (Å²) in [6.45, 7) is 2.96. The fourth-order valence-corrected chi connectivity index (χ4v) is 1.31. The second kappa shape index (κ2) is 5.45. The number of nitrogens with zero attached hydrogens (tertiary/aromatic N) is 2. The standard InChI is InChI=1S/C9H10BrN3O/c1-3-5-14-9-7(10)8(11-4-2)12-6-13-9/h1,6H,4-5H2,2H3,(H,11,12,13). The number of terminal acetylenes is 1. The molecule has 1 N–H and O–H groups in total. The highest BCUT2D eigenvalue weighted by molar-refractivity contribution is 9.10. The minimum atomic E-state index is 0.196. The average molecular weight is 256 g/mol. The summed E-state index contributed by atoms with van der Waals surface area (Å²) in [7, 11) is 0. The van der Waals surface area contributed by atoms with E-state index in [1.54, 1.807) is 0 Å². The van der Waals surface area contributed by atoms with Crippen molar-refractivity contribution >= 4 is 21.7 Å². The van der Waals surface area contributed by atoms with Crippen LogP contribution in [0.3, 0.4) is 0 Å². The van der Waals surface area contributed by atoms with E-state index >= 15 is 0 Å². The summed E-state index contributed by atoms with van der Waals surface area (Å²) in [5, 5.41) is 3.06. The Morgan fingerprint density at radius 2 is 2.43 bits per heavy atom. The van der Waals surface area contributed by atoms with Crippen molar-refractivity contribution in [2.45, 2.75) is 6.92 Å². The highest BCUT2D eigenvalue weighted by Gasteiger charge is 2.08. The molecule has 0 fully saturated rings. The van der Waals surface area contributed by atoms with Gasteiger partial charge in [0.05, 0.1) is 0 Å². The molecule has 0 aliphatic rings. The van der Waals surface area contributed by atoms with Crippen LogP contribution in [0, 0.1) is 12.3 Å². The van der Waals surface area contributed by atoms with Gasteiger partial charge in [-0.15, -0.1) is 6.42 Å². The van der Waals surface area contributed by atoms with Gasteiger partial charge in [-0.05, 0) is 22.9 Å². The van der Waals surface area contributed by atoms with Crippen LogP contribution >= 0.6 is 15.9 Å². The summed E-state index contributed by atoms with van der Waals surface area (Å²) in [5.74, 6) is 3.53. The number of nitrogens with one attached hydrogen (secondary N) is 1. The molecule has 0 radical (unpaired) electrons. The normalized spacial score (nSPS) is 9.21. The molecule has 1 heterocycles. The van der Waals surface area contributed by atoms with E-state index in [1.807, 2.05) is 6.92 Å². The van der Waals surface area contributed by atoms with Crippen LogP contribution in [-0.2, 0) is 0 Å². The zero-order valence-electron chi connectivity index (χ0n) is 7.75. The predicted octanol–water partition coefficient (Wildman–Crippen LogP) is 1.68. The summed E-state index contributed by atoms with van der Waals surface area (Å²) >= 11 is 3.33.